The van der Waals surface area contributed by atoms with Gasteiger partial charge in [-0.3, -0.25) is 9.69 Å². The average Bonchev–Trinajstić information content (AvgIpc) is 3.53. The van der Waals surface area contributed by atoms with Crippen molar-refractivity contribution in [2.24, 2.45) is 5.92 Å². The zero-order valence-corrected chi connectivity index (χ0v) is 15.8. The largest absolute Gasteiger partial charge is 0.379 e. The molecule has 3 aliphatic rings. The first kappa shape index (κ1) is 18.6. The molecule has 3 heterocycles. The van der Waals surface area contributed by atoms with Gasteiger partial charge in [-0.05, 0) is 31.2 Å². The van der Waals surface area contributed by atoms with E-state index >= 15 is 0 Å². The minimum atomic E-state index is -0.0380. The third-order valence-corrected chi connectivity index (χ3v) is 5.46. The van der Waals surface area contributed by atoms with E-state index in [-0.39, 0.29) is 18.1 Å². The van der Waals surface area contributed by atoms with E-state index in [9.17, 15) is 4.79 Å². The molecule has 2 atom stereocenters. The van der Waals surface area contributed by atoms with Crippen molar-refractivity contribution in [3.63, 3.8) is 0 Å². The van der Waals surface area contributed by atoms with Crippen LogP contribution in [0.15, 0.2) is 18.5 Å². The molecule has 1 aromatic rings. The van der Waals surface area contributed by atoms with E-state index < -0.39 is 0 Å². The number of nitrogens with one attached hydrogen (secondary N) is 1. The first-order valence-corrected chi connectivity index (χ1v) is 10.0. The highest BCUT2D eigenvalue weighted by atomic mass is 16.5. The summed E-state index contributed by atoms with van der Waals surface area (Å²) in [5.41, 5.74) is 0. The summed E-state index contributed by atoms with van der Waals surface area (Å²) in [5, 5.41) is 3.13. The number of amides is 1. The Hall–Kier alpha value is -1.77. The lowest BCUT2D eigenvalue weighted by Crippen LogP contribution is -2.55. The number of carbonyl (C=O) groups excluding carboxylic acids is 1. The Morgan fingerprint density at radius 2 is 1.96 bits per heavy atom. The Kier molecular flexibility index (Phi) is 6.16. The molecule has 1 aromatic heterocycles. The standard InChI is InChI=1S/C19H29N5O3/c25-18(22-16-14-26-11-4-17(16)27-13-15-2-3-15)12-23-7-9-24(10-8-23)19-20-5-1-6-21-19/h1,5-6,15-17H,2-4,7-14H2,(H,22,25)/t16-,17+/m1/s1. The van der Waals surface area contributed by atoms with Crippen LogP contribution in [0.5, 0.6) is 0 Å². The molecule has 0 bridgehead atoms. The van der Waals surface area contributed by atoms with Crippen molar-refractivity contribution in [2.45, 2.75) is 31.4 Å². The number of anilines is 1. The molecule has 4 rings (SSSR count). The SMILES string of the molecule is O=C(CN1CCN(c2ncccn2)CC1)N[C@@H]1COCC[C@@H]1OCC1CC1. The average molecular weight is 375 g/mol. The summed E-state index contributed by atoms with van der Waals surface area (Å²) in [4.78, 5) is 25.5. The fourth-order valence-corrected chi connectivity index (χ4v) is 3.61. The number of hydrogen-bond acceptors (Lipinski definition) is 7. The van der Waals surface area contributed by atoms with Gasteiger partial charge in [0.2, 0.25) is 11.9 Å². The normalized spacial score (nSPS) is 26.7. The monoisotopic (exact) mass is 375 g/mol. The maximum absolute atomic E-state index is 12.5. The number of hydrogen-bond donors (Lipinski definition) is 1. The molecule has 0 radical (unpaired) electrons. The molecular formula is C19H29N5O3. The summed E-state index contributed by atoms with van der Waals surface area (Å²) in [7, 11) is 0. The fraction of sp³-hybridized carbons (Fsp3) is 0.737. The molecule has 1 aliphatic carbocycles. The molecule has 0 unspecified atom stereocenters. The van der Waals surface area contributed by atoms with Crippen LogP contribution in [-0.2, 0) is 14.3 Å². The van der Waals surface area contributed by atoms with Crippen molar-refractivity contribution >= 4 is 11.9 Å². The summed E-state index contributed by atoms with van der Waals surface area (Å²) in [6.07, 6.45) is 7.01. The lowest BCUT2D eigenvalue weighted by Gasteiger charge is -2.35. The highest BCUT2D eigenvalue weighted by Gasteiger charge is 2.31. The first-order chi connectivity index (χ1) is 13.3. The van der Waals surface area contributed by atoms with E-state index in [0.29, 0.717) is 19.8 Å². The highest BCUT2D eigenvalue weighted by Crippen LogP contribution is 2.30. The Bertz CT molecular complexity index is 605. The van der Waals surface area contributed by atoms with Crippen molar-refractivity contribution in [1.29, 1.82) is 0 Å². The van der Waals surface area contributed by atoms with Crippen LogP contribution in [0.4, 0.5) is 5.95 Å². The molecule has 27 heavy (non-hydrogen) atoms. The van der Waals surface area contributed by atoms with Crippen LogP contribution in [0.1, 0.15) is 19.3 Å². The number of carbonyl (C=O) groups is 1. The van der Waals surface area contributed by atoms with Crippen LogP contribution in [0, 0.1) is 5.92 Å². The van der Waals surface area contributed by atoms with E-state index in [1.807, 2.05) is 6.07 Å². The Morgan fingerprint density at radius 1 is 1.19 bits per heavy atom. The molecular weight excluding hydrogens is 346 g/mol. The molecule has 148 valence electrons. The van der Waals surface area contributed by atoms with Crippen molar-refractivity contribution in [3.05, 3.63) is 18.5 Å². The van der Waals surface area contributed by atoms with E-state index in [4.69, 9.17) is 9.47 Å². The van der Waals surface area contributed by atoms with Gasteiger partial charge in [0.25, 0.3) is 0 Å². The van der Waals surface area contributed by atoms with Gasteiger partial charge < -0.3 is 19.7 Å². The number of rotatable bonds is 7. The Labute approximate surface area is 160 Å². The van der Waals surface area contributed by atoms with Crippen LogP contribution in [0.25, 0.3) is 0 Å². The molecule has 2 saturated heterocycles. The Morgan fingerprint density at radius 3 is 2.70 bits per heavy atom. The van der Waals surface area contributed by atoms with E-state index in [1.54, 1.807) is 12.4 Å². The first-order valence-electron chi connectivity index (χ1n) is 10.0. The topological polar surface area (TPSA) is 79.8 Å². The van der Waals surface area contributed by atoms with Gasteiger partial charge in [0.15, 0.2) is 0 Å². The van der Waals surface area contributed by atoms with Gasteiger partial charge in [-0.15, -0.1) is 0 Å². The van der Waals surface area contributed by atoms with Gasteiger partial charge in [0, 0.05) is 51.8 Å². The molecule has 8 heteroatoms. The van der Waals surface area contributed by atoms with E-state index in [1.165, 1.54) is 12.8 Å². The molecule has 0 spiro atoms. The van der Waals surface area contributed by atoms with Gasteiger partial charge in [0.05, 0.1) is 25.3 Å². The smallest absolute Gasteiger partial charge is 0.234 e. The van der Waals surface area contributed by atoms with Crippen molar-refractivity contribution in [1.82, 2.24) is 20.2 Å². The van der Waals surface area contributed by atoms with Gasteiger partial charge in [0.1, 0.15) is 0 Å². The fourth-order valence-electron chi connectivity index (χ4n) is 3.61. The molecule has 1 amide bonds. The molecule has 1 saturated carbocycles. The maximum Gasteiger partial charge on any atom is 0.234 e. The molecule has 8 nitrogen and oxygen atoms in total. The van der Waals surface area contributed by atoms with Crippen LogP contribution in [0.2, 0.25) is 0 Å². The Balaban J connectivity index is 1.20. The molecule has 0 aromatic carbocycles. The van der Waals surface area contributed by atoms with E-state index in [2.05, 4.69) is 25.1 Å². The third kappa shape index (κ3) is 5.37. The third-order valence-electron chi connectivity index (χ3n) is 5.46. The summed E-state index contributed by atoms with van der Waals surface area (Å²) < 4.78 is 11.6. The van der Waals surface area contributed by atoms with Crippen molar-refractivity contribution in [2.75, 3.05) is 57.4 Å². The van der Waals surface area contributed by atoms with Gasteiger partial charge in [-0.1, -0.05) is 0 Å². The minimum Gasteiger partial charge on any atom is -0.379 e. The van der Waals surface area contributed by atoms with Gasteiger partial charge in [-0.25, -0.2) is 9.97 Å². The second kappa shape index (κ2) is 8.95. The quantitative estimate of drug-likeness (QED) is 0.734. The molecule has 3 fully saturated rings. The summed E-state index contributed by atoms with van der Waals surface area (Å²) in [5.74, 6) is 1.54. The van der Waals surface area contributed by atoms with Crippen LogP contribution >= 0.6 is 0 Å². The second-order valence-electron chi connectivity index (χ2n) is 7.66. The number of aromatic nitrogens is 2. The highest BCUT2D eigenvalue weighted by molar-refractivity contribution is 5.78. The van der Waals surface area contributed by atoms with Crippen LogP contribution in [-0.4, -0.2) is 85.5 Å². The lowest BCUT2D eigenvalue weighted by molar-refractivity contribution is -0.127. The van der Waals surface area contributed by atoms with Crippen molar-refractivity contribution < 1.29 is 14.3 Å². The number of ether oxygens (including phenoxy) is 2. The van der Waals surface area contributed by atoms with Gasteiger partial charge >= 0.3 is 0 Å². The number of piperazine rings is 1. The molecule has 2 aliphatic heterocycles. The summed E-state index contributed by atoms with van der Waals surface area (Å²) >= 11 is 0. The predicted octanol–water partition coefficient (Wildman–Crippen LogP) is 0.299. The maximum atomic E-state index is 12.5. The zero-order valence-electron chi connectivity index (χ0n) is 15.8. The van der Waals surface area contributed by atoms with Crippen LogP contribution < -0.4 is 10.2 Å². The van der Waals surface area contributed by atoms with Gasteiger partial charge in [-0.2, -0.15) is 0 Å². The lowest BCUT2D eigenvalue weighted by atomic mass is 10.1. The predicted molar refractivity (Wildman–Crippen MR) is 101 cm³/mol. The number of nitrogens with zero attached hydrogens (tertiary/aromatic N) is 4. The van der Waals surface area contributed by atoms with E-state index in [0.717, 1.165) is 51.1 Å². The molecule has 1 N–H and O–H groups in total. The minimum absolute atomic E-state index is 0.0380. The van der Waals surface area contributed by atoms with Crippen LogP contribution in [0.3, 0.4) is 0 Å². The summed E-state index contributed by atoms with van der Waals surface area (Å²) in [6, 6.07) is 1.78. The van der Waals surface area contributed by atoms with Crippen molar-refractivity contribution in [3.8, 4) is 0 Å². The summed E-state index contributed by atoms with van der Waals surface area (Å²) in [6.45, 7) is 5.80. The zero-order chi connectivity index (χ0) is 18.5. The second-order valence-corrected chi connectivity index (χ2v) is 7.66.